The van der Waals surface area contributed by atoms with Crippen molar-refractivity contribution >= 4 is 23.1 Å². The van der Waals surface area contributed by atoms with E-state index in [-0.39, 0.29) is 0 Å². The molecule has 0 fully saturated rings. The van der Waals surface area contributed by atoms with Gasteiger partial charge in [-0.3, -0.25) is 0 Å². The van der Waals surface area contributed by atoms with Gasteiger partial charge in [0.25, 0.3) is 0 Å². The summed E-state index contributed by atoms with van der Waals surface area (Å²) in [6.45, 7) is 6.23. The Balaban J connectivity index is 2.81. The summed E-state index contributed by atoms with van der Waals surface area (Å²) in [5, 5.41) is 0. The monoisotopic (exact) mass is 244 g/mol. The van der Waals surface area contributed by atoms with Gasteiger partial charge >= 0.3 is 0 Å². The Morgan fingerprint density at radius 3 is 2.47 bits per heavy atom. The molecule has 1 heterocycles. The molecule has 0 saturated heterocycles. The highest BCUT2D eigenvalue weighted by molar-refractivity contribution is 8.01. The van der Waals surface area contributed by atoms with Gasteiger partial charge in [0, 0.05) is 23.7 Å². The smallest absolute Gasteiger partial charge is 0.0634 e. The van der Waals surface area contributed by atoms with Crippen LogP contribution in [0.2, 0.25) is 0 Å². The van der Waals surface area contributed by atoms with Crippen LogP contribution in [-0.2, 0) is 6.54 Å². The summed E-state index contributed by atoms with van der Waals surface area (Å²) < 4.78 is 1.44. The Morgan fingerprint density at radius 1 is 1.27 bits per heavy atom. The molecule has 0 aliphatic heterocycles. The number of rotatable bonds is 5. The molecule has 2 N–H and O–H groups in total. The SMILES string of the molecule is Cc1c(CN(C)C)sc(SCCN)c1C. The van der Waals surface area contributed by atoms with E-state index in [2.05, 4.69) is 32.8 Å². The van der Waals surface area contributed by atoms with Gasteiger partial charge < -0.3 is 10.6 Å². The van der Waals surface area contributed by atoms with Crippen LogP contribution in [0.5, 0.6) is 0 Å². The van der Waals surface area contributed by atoms with Crippen LogP contribution in [0, 0.1) is 13.8 Å². The first-order valence-corrected chi connectivity index (χ1v) is 6.93. The molecule has 0 saturated carbocycles. The number of hydrogen-bond acceptors (Lipinski definition) is 4. The lowest BCUT2D eigenvalue weighted by Gasteiger charge is -2.07. The van der Waals surface area contributed by atoms with Gasteiger partial charge in [-0.15, -0.1) is 23.1 Å². The maximum atomic E-state index is 5.53. The summed E-state index contributed by atoms with van der Waals surface area (Å²) in [4.78, 5) is 3.70. The van der Waals surface area contributed by atoms with E-state index < -0.39 is 0 Å². The summed E-state index contributed by atoms with van der Waals surface area (Å²) in [5.41, 5.74) is 8.42. The van der Waals surface area contributed by atoms with Gasteiger partial charge in [0.05, 0.1) is 4.21 Å². The molecule has 1 rings (SSSR count). The van der Waals surface area contributed by atoms with Crippen molar-refractivity contribution in [1.82, 2.24) is 4.90 Å². The van der Waals surface area contributed by atoms with E-state index in [0.29, 0.717) is 0 Å². The Labute approximate surface area is 101 Å². The fraction of sp³-hybridized carbons (Fsp3) is 0.636. The number of nitrogens with zero attached hydrogens (tertiary/aromatic N) is 1. The van der Waals surface area contributed by atoms with Crippen LogP contribution in [0.15, 0.2) is 4.21 Å². The average molecular weight is 244 g/mol. The van der Waals surface area contributed by atoms with E-state index in [9.17, 15) is 0 Å². The zero-order valence-corrected chi connectivity index (χ0v) is 11.6. The average Bonchev–Trinajstić information content (AvgIpc) is 2.42. The molecule has 0 atom stereocenters. The first-order valence-electron chi connectivity index (χ1n) is 5.12. The summed E-state index contributed by atoms with van der Waals surface area (Å²) in [6, 6.07) is 0. The standard InChI is InChI=1S/C11H20N2S2/c1-8-9(2)11(14-6-5-12)15-10(8)7-13(3)4/h5-7,12H2,1-4H3. The Hall–Kier alpha value is -0.0300. The van der Waals surface area contributed by atoms with E-state index >= 15 is 0 Å². The summed E-state index contributed by atoms with van der Waals surface area (Å²) in [7, 11) is 4.22. The van der Waals surface area contributed by atoms with Crippen molar-refractivity contribution in [1.29, 1.82) is 0 Å². The van der Waals surface area contributed by atoms with Crippen molar-refractivity contribution in [3.05, 3.63) is 16.0 Å². The Morgan fingerprint density at radius 2 is 1.93 bits per heavy atom. The minimum Gasteiger partial charge on any atom is -0.330 e. The number of thiophene rings is 1. The normalized spacial score (nSPS) is 11.3. The van der Waals surface area contributed by atoms with Crippen LogP contribution in [0.3, 0.4) is 0 Å². The van der Waals surface area contributed by atoms with E-state index in [4.69, 9.17) is 5.73 Å². The minimum absolute atomic E-state index is 0.754. The summed E-state index contributed by atoms with van der Waals surface area (Å²) in [5.74, 6) is 1.02. The highest BCUT2D eigenvalue weighted by atomic mass is 32.2. The van der Waals surface area contributed by atoms with Gasteiger partial charge in [-0.05, 0) is 39.1 Å². The van der Waals surface area contributed by atoms with Gasteiger partial charge in [-0.25, -0.2) is 0 Å². The maximum absolute atomic E-state index is 5.53. The van der Waals surface area contributed by atoms with Crippen LogP contribution < -0.4 is 5.73 Å². The zero-order chi connectivity index (χ0) is 11.4. The van der Waals surface area contributed by atoms with Crippen molar-refractivity contribution in [3.8, 4) is 0 Å². The van der Waals surface area contributed by atoms with Crippen LogP contribution in [0.1, 0.15) is 16.0 Å². The maximum Gasteiger partial charge on any atom is 0.0634 e. The molecule has 1 aromatic rings. The highest BCUT2D eigenvalue weighted by Crippen LogP contribution is 2.35. The van der Waals surface area contributed by atoms with Gasteiger partial charge in [0.1, 0.15) is 0 Å². The third kappa shape index (κ3) is 3.48. The predicted octanol–water partition coefficient (Wildman–Crippen LogP) is 2.48. The first-order chi connectivity index (χ1) is 7.06. The van der Waals surface area contributed by atoms with Crippen LogP contribution in [0.25, 0.3) is 0 Å². The van der Waals surface area contributed by atoms with Gasteiger partial charge in [-0.1, -0.05) is 0 Å². The number of nitrogens with two attached hydrogens (primary N) is 1. The van der Waals surface area contributed by atoms with Gasteiger partial charge in [-0.2, -0.15) is 0 Å². The van der Waals surface area contributed by atoms with Crippen LogP contribution in [-0.4, -0.2) is 31.3 Å². The minimum atomic E-state index is 0.754. The molecule has 0 amide bonds. The topological polar surface area (TPSA) is 29.3 Å². The second-order valence-electron chi connectivity index (χ2n) is 3.94. The Bertz CT molecular complexity index is 319. The van der Waals surface area contributed by atoms with Crippen molar-refractivity contribution in [2.24, 2.45) is 5.73 Å². The lowest BCUT2D eigenvalue weighted by molar-refractivity contribution is 0.405. The van der Waals surface area contributed by atoms with Crippen molar-refractivity contribution in [3.63, 3.8) is 0 Å². The molecular formula is C11H20N2S2. The molecular weight excluding hydrogens is 224 g/mol. The quantitative estimate of drug-likeness (QED) is 0.807. The van der Waals surface area contributed by atoms with Crippen molar-refractivity contribution in [2.75, 3.05) is 26.4 Å². The predicted molar refractivity (Wildman–Crippen MR) is 71.0 cm³/mol. The second kappa shape index (κ2) is 5.89. The molecule has 0 unspecified atom stereocenters. The molecule has 0 aliphatic carbocycles. The number of thioether (sulfide) groups is 1. The summed E-state index contributed by atoms with van der Waals surface area (Å²) in [6.07, 6.45) is 0. The molecule has 2 nitrogen and oxygen atoms in total. The fourth-order valence-corrected chi connectivity index (χ4v) is 3.97. The van der Waals surface area contributed by atoms with Crippen LogP contribution >= 0.6 is 23.1 Å². The van der Waals surface area contributed by atoms with E-state index in [1.54, 1.807) is 0 Å². The van der Waals surface area contributed by atoms with Crippen molar-refractivity contribution < 1.29 is 0 Å². The fourth-order valence-electron chi connectivity index (χ4n) is 1.35. The molecule has 0 aromatic carbocycles. The van der Waals surface area contributed by atoms with Gasteiger partial charge in [0.2, 0.25) is 0 Å². The number of hydrogen-bond donors (Lipinski definition) is 1. The third-order valence-electron chi connectivity index (χ3n) is 2.31. The highest BCUT2D eigenvalue weighted by Gasteiger charge is 2.11. The van der Waals surface area contributed by atoms with Crippen molar-refractivity contribution in [2.45, 2.75) is 24.6 Å². The molecule has 0 bridgehead atoms. The molecule has 4 heteroatoms. The van der Waals surface area contributed by atoms with E-state index in [1.807, 2.05) is 23.1 Å². The summed E-state index contributed by atoms with van der Waals surface area (Å²) >= 11 is 3.80. The second-order valence-corrected chi connectivity index (χ2v) is 6.41. The first kappa shape index (κ1) is 13.0. The lowest BCUT2D eigenvalue weighted by atomic mass is 10.2. The largest absolute Gasteiger partial charge is 0.330 e. The molecule has 0 radical (unpaired) electrons. The molecule has 0 aliphatic rings. The van der Waals surface area contributed by atoms with E-state index in [0.717, 1.165) is 18.8 Å². The zero-order valence-electron chi connectivity index (χ0n) is 9.96. The molecule has 86 valence electrons. The Kier molecular flexibility index (Phi) is 5.12. The van der Waals surface area contributed by atoms with E-state index in [1.165, 1.54) is 20.2 Å². The molecule has 0 spiro atoms. The third-order valence-corrected chi connectivity index (χ3v) is 5.10. The van der Waals surface area contributed by atoms with Crippen LogP contribution in [0.4, 0.5) is 0 Å². The molecule has 1 aromatic heterocycles. The molecule has 15 heavy (non-hydrogen) atoms. The lowest BCUT2D eigenvalue weighted by Crippen LogP contribution is -2.10. The van der Waals surface area contributed by atoms with Gasteiger partial charge in [0.15, 0.2) is 0 Å².